The first-order chi connectivity index (χ1) is 8.56. The Bertz CT molecular complexity index is 585. The van der Waals surface area contributed by atoms with Gasteiger partial charge < -0.3 is 16.2 Å². The van der Waals surface area contributed by atoms with Crippen molar-refractivity contribution >= 4 is 44.7 Å². The largest absolute Gasteiger partial charge is 0.477 e. The SMILES string of the molecule is Nc1ccc(C(=O)O)nc1NCc1cc(Br)cs1. The van der Waals surface area contributed by atoms with Gasteiger partial charge >= 0.3 is 5.97 Å². The molecule has 0 radical (unpaired) electrons. The van der Waals surface area contributed by atoms with E-state index in [0.29, 0.717) is 18.1 Å². The third kappa shape index (κ3) is 2.99. The maximum atomic E-state index is 10.8. The minimum atomic E-state index is -1.07. The van der Waals surface area contributed by atoms with E-state index in [1.165, 1.54) is 12.1 Å². The molecular formula is C11H10BrN3O2S. The Kier molecular flexibility index (Phi) is 3.83. The topological polar surface area (TPSA) is 88.2 Å². The molecule has 0 amide bonds. The van der Waals surface area contributed by atoms with Gasteiger partial charge in [0, 0.05) is 14.7 Å². The molecule has 0 aliphatic heterocycles. The molecule has 18 heavy (non-hydrogen) atoms. The molecule has 0 unspecified atom stereocenters. The molecule has 0 spiro atoms. The Labute approximate surface area is 116 Å². The summed E-state index contributed by atoms with van der Waals surface area (Å²) in [6.07, 6.45) is 0. The number of hydrogen-bond acceptors (Lipinski definition) is 5. The lowest BCUT2D eigenvalue weighted by Gasteiger charge is -2.07. The predicted molar refractivity (Wildman–Crippen MR) is 75.0 cm³/mol. The highest BCUT2D eigenvalue weighted by Crippen LogP contribution is 2.22. The molecule has 2 rings (SSSR count). The number of aromatic nitrogens is 1. The van der Waals surface area contributed by atoms with E-state index in [1.807, 2.05) is 11.4 Å². The van der Waals surface area contributed by atoms with E-state index < -0.39 is 5.97 Å². The first-order valence-electron chi connectivity index (χ1n) is 5.03. The predicted octanol–water partition coefficient (Wildman–Crippen LogP) is 2.80. The number of carbonyl (C=O) groups is 1. The number of halogens is 1. The van der Waals surface area contributed by atoms with E-state index in [4.69, 9.17) is 10.8 Å². The van der Waals surface area contributed by atoms with Gasteiger partial charge in [-0.2, -0.15) is 0 Å². The first-order valence-corrected chi connectivity index (χ1v) is 6.70. The van der Waals surface area contributed by atoms with Crippen molar-refractivity contribution in [2.24, 2.45) is 0 Å². The van der Waals surface area contributed by atoms with Crippen LogP contribution in [0.15, 0.2) is 28.1 Å². The number of hydrogen-bond donors (Lipinski definition) is 3. The highest BCUT2D eigenvalue weighted by atomic mass is 79.9. The summed E-state index contributed by atoms with van der Waals surface area (Å²) in [5, 5.41) is 13.9. The third-order valence-electron chi connectivity index (χ3n) is 2.20. The molecular weight excluding hydrogens is 318 g/mol. The first kappa shape index (κ1) is 12.8. The third-order valence-corrected chi connectivity index (χ3v) is 3.90. The van der Waals surface area contributed by atoms with Crippen LogP contribution >= 0.6 is 27.3 Å². The number of nitrogens with two attached hydrogens (primary N) is 1. The highest BCUT2D eigenvalue weighted by Gasteiger charge is 2.08. The van der Waals surface area contributed by atoms with Crippen LogP contribution in [0, 0.1) is 0 Å². The lowest BCUT2D eigenvalue weighted by molar-refractivity contribution is 0.0690. The lowest BCUT2D eigenvalue weighted by Crippen LogP contribution is -2.08. The van der Waals surface area contributed by atoms with Gasteiger partial charge in [-0.1, -0.05) is 0 Å². The quantitative estimate of drug-likeness (QED) is 0.803. The zero-order chi connectivity index (χ0) is 13.1. The molecule has 0 aliphatic carbocycles. The fourth-order valence-corrected chi connectivity index (χ4v) is 2.74. The number of thiophene rings is 1. The number of nitrogens with one attached hydrogen (secondary N) is 1. The summed E-state index contributed by atoms with van der Waals surface area (Å²) >= 11 is 4.96. The molecule has 2 heterocycles. The monoisotopic (exact) mass is 327 g/mol. The number of nitrogen functional groups attached to an aromatic ring is 1. The molecule has 7 heteroatoms. The molecule has 0 bridgehead atoms. The van der Waals surface area contributed by atoms with Gasteiger partial charge in [-0.25, -0.2) is 9.78 Å². The van der Waals surface area contributed by atoms with Crippen LogP contribution in [0.5, 0.6) is 0 Å². The second-order valence-corrected chi connectivity index (χ2v) is 5.44. The van der Waals surface area contributed by atoms with Crippen molar-refractivity contribution in [1.82, 2.24) is 4.98 Å². The molecule has 0 saturated carbocycles. The molecule has 2 aromatic rings. The van der Waals surface area contributed by atoms with Crippen LogP contribution in [0.25, 0.3) is 0 Å². The van der Waals surface area contributed by atoms with Gasteiger partial charge in [0.1, 0.15) is 0 Å². The highest BCUT2D eigenvalue weighted by molar-refractivity contribution is 9.10. The Morgan fingerprint density at radius 3 is 2.94 bits per heavy atom. The zero-order valence-corrected chi connectivity index (χ0v) is 11.6. The average Bonchev–Trinajstić information content (AvgIpc) is 2.74. The van der Waals surface area contributed by atoms with Gasteiger partial charge in [0.2, 0.25) is 0 Å². The van der Waals surface area contributed by atoms with E-state index >= 15 is 0 Å². The van der Waals surface area contributed by atoms with Gasteiger partial charge in [-0.3, -0.25) is 0 Å². The smallest absolute Gasteiger partial charge is 0.354 e. The van der Waals surface area contributed by atoms with Crippen LogP contribution in [0.3, 0.4) is 0 Å². The second-order valence-electron chi connectivity index (χ2n) is 3.52. The van der Waals surface area contributed by atoms with Gasteiger partial charge in [0.15, 0.2) is 11.5 Å². The standard InChI is InChI=1S/C11H10BrN3O2S/c12-6-3-7(18-5-6)4-14-10-8(13)1-2-9(15-10)11(16)17/h1-3,5H,4,13H2,(H,14,15)(H,16,17). The summed E-state index contributed by atoms with van der Waals surface area (Å²) in [4.78, 5) is 15.9. The minimum absolute atomic E-state index is 0.0286. The fraction of sp³-hybridized carbons (Fsp3) is 0.0909. The number of carboxylic acid groups (broad SMARTS) is 1. The molecule has 0 aliphatic rings. The van der Waals surface area contributed by atoms with E-state index in [2.05, 4.69) is 26.2 Å². The molecule has 5 nitrogen and oxygen atoms in total. The Morgan fingerprint density at radius 2 is 2.33 bits per heavy atom. The second kappa shape index (κ2) is 5.36. The Balaban J connectivity index is 2.13. The summed E-state index contributed by atoms with van der Waals surface area (Å²) in [5.41, 5.74) is 6.13. The number of anilines is 2. The van der Waals surface area contributed by atoms with E-state index in [9.17, 15) is 4.79 Å². The summed E-state index contributed by atoms with van der Waals surface area (Å²) in [6.45, 7) is 0.552. The van der Waals surface area contributed by atoms with Crippen LogP contribution in [0.4, 0.5) is 11.5 Å². The number of nitrogens with zero attached hydrogens (tertiary/aromatic N) is 1. The van der Waals surface area contributed by atoms with E-state index in [0.717, 1.165) is 9.35 Å². The van der Waals surface area contributed by atoms with Crippen molar-refractivity contribution in [1.29, 1.82) is 0 Å². The summed E-state index contributed by atoms with van der Waals surface area (Å²) in [5.74, 6) is -0.684. The van der Waals surface area contributed by atoms with Crippen molar-refractivity contribution in [3.05, 3.63) is 38.6 Å². The van der Waals surface area contributed by atoms with E-state index in [1.54, 1.807) is 11.3 Å². The van der Waals surface area contributed by atoms with Crippen LogP contribution in [0.1, 0.15) is 15.4 Å². The van der Waals surface area contributed by atoms with Crippen LogP contribution in [-0.2, 0) is 6.54 Å². The van der Waals surface area contributed by atoms with Gasteiger partial charge in [0.25, 0.3) is 0 Å². The maximum Gasteiger partial charge on any atom is 0.354 e. The van der Waals surface area contributed by atoms with Crippen molar-refractivity contribution in [3.63, 3.8) is 0 Å². The molecule has 0 fully saturated rings. The molecule has 0 atom stereocenters. The van der Waals surface area contributed by atoms with E-state index in [-0.39, 0.29) is 5.69 Å². The van der Waals surface area contributed by atoms with Crippen molar-refractivity contribution in [2.75, 3.05) is 11.1 Å². The van der Waals surface area contributed by atoms with Crippen LogP contribution < -0.4 is 11.1 Å². The van der Waals surface area contributed by atoms with Crippen molar-refractivity contribution in [3.8, 4) is 0 Å². The Morgan fingerprint density at radius 1 is 1.56 bits per heavy atom. The number of aromatic carboxylic acids is 1. The number of rotatable bonds is 4. The average molecular weight is 328 g/mol. The Hall–Kier alpha value is -1.60. The van der Waals surface area contributed by atoms with Gasteiger partial charge in [-0.15, -0.1) is 11.3 Å². The van der Waals surface area contributed by atoms with Gasteiger partial charge in [-0.05, 0) is 34.1 Å². The van der Waals surface area contributed by atoms with Crippen molar-refractivity contribution in [2.45, 2.75) is 6.54 Å². The van der Waals surface area contributed by atoms with Gasteiger partial charge in [0.05, 0.1) is 12.2 Å². The summed E-state index contributed by atoms with van der Waals surface area (Å²) in [7, 11) is 0. The molecule has 0 saturated heterocycles. The summed E-state index contributed by atoms with van der Waals surface area (Å²) < 4.78 is 1.02. The normalized spacial score (nSPS) is 10.3. The molecule has 0 aromatic carbocycles. The molecule has 4 N–H and O–H groups in total. The van der Waals surface area contributed by atoms with Crippen LogP contribution in [0.2, 0.25) is 0 Å². The molecule has 94 valence electrons. The zero-order valence-electron chi connectivity index (χ0n) is 9.18. The van der Waals surface area contributed by atoms with Crippen LogP contribution in [-0.4, -0.2) is 16.1 Å². The molecule has 2 aromatic heterocycles. The lowest BCUT2D eigenvalue weighted by atomic mass is 10.3. The number of carboxylic acids is 1. The number of pyridine rings is 1. The minimum Gasteiger partial charge on any atom is -0.477 e. The fourth-order valence-electron chi connectivity index (χ4n) is 1.35. The maximum absolute atomic E-state index is 10.8. The van der Waals surface area contributed by atoms with Crippen molar-refractivity contribution < 1.29 is 9.90 Å². The summed E-state index contributed by atoms with van der Waals surface area (Å²) in [6, 6.07) is 4.89.